The number of tetrazole rings is 1. The molecule has 1 amide bonds. The van der Waals surface area contributed by atoms with E-state index in [0.717, 1.165) is 16.7 Å². The Morgan fingerprint density at radius 2 is 1.81 bits per heavy atom. The van der Waals surface area contributed by atoms with Crippen molar-refractivity contribution in [2.75, 3.05) is 7.11 Å². The lowest BCUT2D eigenvalue weighted by Crippen LogP contribution is -2.34. The van der Waals surface area contributed by atoms with Gasteiger partial charge in [-0.2, -0.15) is 0 Å². The van der Waals surface area contributed by atoms with Crippen molar-refractivity contribution in [2.45, 2.75) is 25.6 Å². The van der Waals surface area contributed by atoms with E-state index in [1.807, 2.05) is 54.6 Å². The van der Waals surface area contributed by atoms with Gasteiger partial charge in [0.1, 0.15) is 12.4 Å². The number of methoxy groups -OCH3 is 1. The third-order valence-electron chi connectivity index (χ3n) is 4.06. The van der Waals surface area contributed by atoms with E-state index in [4.69, 9.17) is 4.74 Å². The van der Waals surface area contributed by atoms with Crippen LogP contribution in [0.15, 0.2) is 60.9 Å². The van der Waals surface area contributed by atoms with Gasteiger partial charge in [-0.15, -0.1) is 5.10 Å². The van der Waals surface area contributed by atoms with Gasteiger partial charge in [-0.3, -0.25) is 4.79 Å². The van der Waals surface area contributed by atoms with Crippen molar-refractivity contribution in [1.29, 1.82) is 0 Å². The van der Waals surface area contributed by atoms with Crippen LogP contribution in [0.2, 0.25) is 0 Å². The lowest BCUT2D eigenvalue weighted by molar-refractivity contribution is -0.124. The Kier molecular flexibility index (Phi) is 6.05. The van der Waals surface area contributed by atoms with Crippen LogP contribution >= 0.6 is 0 Å². The maximum absolute atomic E-state index is 12.7. The highest BCUT2D eigenvalue weighted by molar-refractivity contribution is 5.80. The molecule has 0 radical (unpaired) electrons. The van der Waals surface area contributed by atoms with Crippen molar-refractivity contribution in [1.82, 2.24) is 25.5 Å². The fourth-order valence-corrected chi connectivity index (χ4v) is 2.68. The maximum atomic E-state index is 12.7. The van der Waals surface area contributed by atoms with Crippen molar-refractivity contribution in [3.63, 3.8) is 0 Å². The minimum absolute atomic E-state index is 0.123. The van der Waals surface area contributed by atoms with Crippen LogP contribution in [-0.4, -0.2) is 33.2 Å². The topological polar surface area (TPSA) is 81.9 Å². The van der Waals surface area contributed by atoms with Crippen molar-refractivity contribution in [2.24, 2.45) is 0 Å². The summed E-state index contributed by atoms with van der Waals surface area (Å²) in [5.41, 5.74) is 3.17. The molecule has 0 fully saturated rings. The van der Waals surface area contributed by atoms with Crippen LogP contribution in [0.4, 0.5) is 0 Å². The van der Waals surface area contributed by atoms with Gasteiger partial charge in [0.2, 0.25) is 5.91 Å². The third-order valence-corrected chi connectivity index (χ3v) is 4.06. The van der Waals surface area contributed by atoms with Gasteiger partial charge in [0.15, 0.2) is 0 Å². The number of hydrogen-bond donors (Lipinski definition) is 1. The molecule has 26 heavy (non-hydrogen) atoms. The first-order chi connectivity index (χ1) is 12.8. The summed E-state index contributed by atoms with van der Waals surface area (Å²) in [7, 11) is 1.67. The number of amides is 1. The minimum atomic E-state index is -0.500. The Bertz CT molecular complexity index is 804. The molecular weight excluding hydrogens is 330 g/mol. The quantitative estimate of drug-likeness (QED) is 0.670. The molecule has 0 saturated carbocycles. The summed E-state index contributed by atoms with van der Waals surface area (Å²) in [5, 5.41) is 14.2. The average molecular weight is 351 g/mol. The predicted octanol–water partition coefficient (Wildman–Crippen LogP) is 1.92. The van der Waals surface area contributed by atoms with E-state index in [0.29, 0.717) is 19.6 Å². The first-order valence-corrected chi connectivity index (χ1v) is 8.37. The van der Waals surface area contributed by atoms with Crippen LogP contribution < -0.4 is 5.32 Å². The van der Waals surface area contributed by atoms with E-state index < -0.39 is 6.04 Å². The molecule has 2 aromatic carbocycles. The van der Waals surface area contributed by atoms with Gasteiger partial charge in [-0.1, -0.05) is 54.6 Å². The highest BCUT2D eigenvalue weighted by atomic mass is 16.5. The Labute approximate surface area is 152 Å². The number of benzene rings is 2. The van der Waals surface area contributed by atoms with Crippen LogP contribution in [0.25, 0.3) is 0 Å². The van der Waals surface area contributed by atoms with Gasteiger partial charge >= 0.3 is 0 Å². The Morgan fingerprint density at radius 3 is 2.46 bits per heavy atom. The van der Waals surface area contributed by atoms with Crippen LogP contribution in [0.3, 0.4) is 0 Å². The van der Waals surface area contributed by atoms with Crippen molar-refractivity contribution >= 4 is 5.91 Å². The number of rotatable bonds is 8. The second-order valence-electron chi connectivity index (χ2n) is 5.96. The molecule has 7 heteroatoms. The lowest BCUT2D eigenvalue weighted by atomic mass is 10.1. The van der Waals surface area contributed by atoms with Crippen LogP contribution in [-0.2, 0) is 29.1 Å². The molecule has 3 aromatic rings. The summed E-state index contributed by atoms with van der Waals surface area (Å²) in [6, 6.07) is 17.3. The SMILES string of the molecule is COCc1ccc(CNC(=O)C(Cc2ccccc2)n2cnnn2)cc1. The summed E-state index contributed by atoms with van der Waals surface area (Å²) in [4.78, 5) is 12.7. The third kappa shape index (κ3) is 4.73. The van der Waals surface area contributed by atoms with E-state index in [9.17, 15) is 4.79 Å². The van der Waals surface area contributed by atoms with Crippen LogP contribution in [0.1, 0.15) is 22.7 Å². The van der Waals surface area contributed by atoms with E-state index >= 15 is 0 Å². The number of ether oxygens (including phenoxy) is 1. The van der Waals surface area contributed by atoms with Crippen LogP contribution in [0, 0.1) is 0 Å². The van der Waals surface area contributed by atoms with Gasteiger partial charge in [0.25, 0.3) is 0 Å². The van der Waals surface area contributed by atoms with Gasteiger partial charge in [-0.05, 0) is 27.1 Å². The summed E-state index contributed by atoms with van der Waals surface area (Å²) in [6.07, 6.45) is 1.98. The normalized spacial score (nSPS) is 11.9. The molecule has 7 nitrogen and oxygen atoms in total. The summed E-state index contributed by atoms with van der Waals surface area (Å²) in [6.45, 7) is 1.02. The monoisotopic (exact) mass is 351 g/mol. The number of carbonyl (C=O) groups excluding carboxylic acids is 1. The standard InChI is InChI=1S/C19H21N5O2/c1-26-13-17-9-7-16(8-10-17)12-20-19(25)18(24-14-21-22-23-24)11-15-5-3-2-4-6-15/h2-10,14,18H,11-13H2,1H3,(H,20,25). The molecule has 1 aromatic heterocycles. The maximum Gasteiger partial charge on any atom is 0.245 e. The van der Waals surface area contributed by atoms with E-state index in [2.05, 4.69) is 20.8 Å². The average Bonchev–Trinajstić information content (AvgIpc) is 3.21. The number of nitrogens with zero attached hydrogens (tertiary/aromatic N) is 4. The fraction of sp³-hybridized carbons (Fsp3) is 0.263. The van der Waals surface area contributed by atoms with Gasteiger partial charge in [0, 0.05) is 20.1 Å². The van der Waals surface area contributed by atoms with Gasteiger partial charge in [0.05, 0.1) is 6.61 Å². The number of hydrogen-bond acceptors (Lipinski definition) is 5. The highest BCUT2D eigenvalue weighted by Crippen LogP contribution is 2.14. The Balaban J connectivity index is 1.65. The summed E-state index contributed by atoms with van der Waals surface area (Å²) < 4.78 is 6.59. The zero-order chi connectivity index (χ0) is 18.2. The summed E-state index contributed by atoms with van der Waals surface area (Å²) in [5.74, 6) is -0.123. The first kappa shape index (κ1) is 17.8. The molecule has 1 atom stereocenters. The molecule has 1 heterocycles. The second-order valence-corrected chi connectivity index (χ2v) is 5.96. The molecule has 0 saturated heterocycles. The molecule has 0 aliphatic heterocycles. The van der Waals surface area contributed by atoms with Crippen LogP contribution in [0.5, 0.6) is 0 Å². The molecule has 3 rings (SSSR count). The molecular formula is C19H21N5O2. The molecule has 134 valence electrons. The number of nitrogens with one attached hydrogen (secondary N) is 1. The fourth-order valence-electron chi connectivity index (χ4n) is 2.68. The lowest BCUT2D eigenvalue weighted by Gasteiger charge is -2.16. The predicted molar refractivity (Wildman–Crippen MR) is 96.0 cm³/mol. The minimum Gasteiger partial charge on any atom is -0.380 e. The molecule has 1 N–H and O–H groups in total. The van der Waals surface area contributed by atoms with Gasteiger partial charge < -0.3 is 10.1 Å². The number of aromatic nitrogens is 4. The van der Waals surface area contributed by atoms with E-state index in [1.54, 1.807) is 7.11 Å². The molecule has 0 aliphatic carbocycles. The Morgan fingerprint density at radius 1 is 1.08 bits per heavy atom. The first-order valence-electron chi connectivity index (χ1n) is 8.37. The van der Waals surface area contributed by atoms with Crippen molar-refractivity contribution in [3.8, 4) is 0 Å². The Hall–Kier alpha value is -3.06. The zero-order valence-electron chi connectivity index (χ0n) is 14.6. The van der Waals surface area contributed by atoms with E-state index in [1.165, 1.54) is 11.0 Å². The second kappa shape index (κ2) is 8.87. The smallest absolute Gasteiger partial charge is 0.245 e. The van der Waals surface area contributed by atoms with E-state index in [-0.39, 0.29) is 5.91 Å². The number of carbonyl (C=O) groups is 1. The highest BCUT2D eigenvalue weighted by Gasteiger charge is 2.22. The summed E-state index contributed by atoms with van der Waals surface area (Å²) >= 11 is 0. The molecule has 1 unspecified atom stereocenters. The molecule has 0 aliphatic rings. The molecule has 0 bridgehead atoms. The molecule has 0 spiro atoms. The van der Waals surface area contributed by atoms with Gasteiger partial charge in [-0.25, -0.2) is 4.68 Å². The van der Waals surface area contributed by atoms with Crippen molar-refractivity contribution in [3.05, 3.63) is 77.6 Å². The largest absolute Gasteiger partial charge is 0.380 e. The zero-order valence-corrected chi connectivity index (χ0v) is 14.6. The van der Waals surface area contributed by atoms with Crippen molar-refractivity contribution < 1.29 is 9.53 Å².